The van der Waals surface area contributed by atoms with Crippen molar-refractivity contribution in [3.05, 3.63) is 48.0 Å². The Kier molecular flexibility index (Phi) is 4.50. The topological polar surface area (TPSA) is 63.0 Å². The lowest BCUT2D eigenvalue weighted by molar-refractivity contribution is 0.319. The fraction of sp³-hybridized carbons (Fsp3) is 0.450. The number of nitrogens with two attached hydrogens (primary N) is 1. The molecule has 0 spiro atoms. The average Bonchev–Trinajstić information content (AvgIpc) is 2.94. The summed E-state index contributed by atoms with van der Waals surface area (Å²) >= 11 is 0. The van der Waals surface area contributed by atoms with Crippen LogP contribution in [0.1, 0.15) is 31.2 Å². The number of aromatic nitrogens is 1. The van der Waals surface area contributed by atoms with Crippen LogP contribution >= 0.6 is 0 Å². The van der Waals surface area contributed by atoms with Gasteiger partial charge < -0.3 is 16.4 Å². The monoisotopic (exact) mass is 322 g/mol. The van der Waals surface area contributed by atoms with Crippen LogP contribution in [-0.2, 0) is 6.42 Å². The van der Waals surface area contributed by atoms with Crippen molar-refractivity contribution < 1.29 is 0 Å². The summed E-state index contributed by atoms with van der Waals surface area (Å²) in [4.78, 5) is 4.38. The third-order valence-corrected chi connectivity index (χ3v) is 5.34. The molecule has 1 aromatic carbocycles. The molecule has 0 saturated carbocycles. The molecular weight excluding hydrogens is 296 g/mol. The molecule has 2 saturated heterocycles. The fourth-order valence-electron chi connectivity index (χ4n) is 4.10. The summed E-state index contributed by atoms with van der Waals surface area (Å²) in [5.41, 5.74) is 9.18. The highest BCUT2D eigenvalue weighted by atomic mass is 15.0. The molecule has 0 amide bonds. The van der Waals surface area contributed by atoms with Crippen LogP contribution in [-0.4, -0.2) is 29.7 Å². The Morgan fingerprint density at radius 3 is 2.50 bits per heavy atom. The zero-order valence-electron chi connectivity index (χ0n) is 14.0. The summed E-state index contributed by atoms with van der Waals surface area (Å²) < 4.78 is 0. The molecule has 2 atom stereocenters. The Hall–Kier alpha value is -1.91. The van der Waals surface area contributed by atoms with Gasteiger partial charge in [-0.15, -0.1) is 0 Å². The maximum atomic E-state index is 5.76. The van der Waals surface area contributed by atoms with Gasteiger partial charge in [0.05, 0.1) is 5.69 Å². The van der Waals surface area contributed by atoms with Crippen molar-refractivity contribution in [1.82, 2.24) is 15.6 Å². The second kappa shape index (κ2) is 6.91. The van der Waals surface area contributed by atoms with Crippen LogP contribution in [0.4, 0.5) is 5.82 Å². The van der Waals surface area contributed by atoms with Gasteiger partial charge in [-0.3, -0.25) is 0 Å². The molecule has 0 aliphatic carbocycles. The summed E-state index contributed by atoms with van der Waals surface area (Å²) in [7, 11) is 0. The van der Waals surface area contributed by atoms with Crippen LogP contribution < -0.4 is 16.4 Å². The Balaban J connectivity index is 1.29. The lowest BCUT2D eigenvalue weighted by atomic mass is 9.99. The largest absolute Gasteiger partial charge is 0.384 e. The van der Waals surface area contributed by atoms with Gasteiger partial charge in [-0.1, -0.05) is 30.3 Å². The zero-order chi connectivity index (χ0) is 16.4. The Morgan fingerprint density at radius 2 is 1.79 bits per heavy atom. The molecule has 2 aliphatic heterocycles. The normalized spacial score (nSPS) is 25.8. The molecule has 4 nitrogen and oxygen atoms in total. The summed E-state index contributed by atoms with van der Waals surface area (Å²) in [6.45, 7) is 1.06. The summed E-state index contributed by atoms with van der Waals surface area (Å²) in [5, 5.41) is 7.46. The first-order valence-corrected chi connectivity index (χ1v) is 9.07. The third-order valence-electron chi connectivity index (χ3n) is 5.34. The molecule has 2 aromatic rings. The van der Waals surface area contributed by atoms with E-state index in [2.05, 4.69) is 39.9 Å². The maximum Gasteiger partial charge on any atom is 0.124 e. The number of piperidine rings is 1. The van der Waals surface area contributed by atoms with Gasteiger partial charge in [-0.25, -0.2) is 4.98 Å². The van der Waals surface area contributed by atoms with Gasteiger partial charge in [0.1, 0.15) is 5.82 Å². The minimum Gasteiger partial charge on any atom is -0.384 e. The number of nitrogen functional groups attached to an aromatic ring is 1. The number of nitrogens with zero attached hydrogens (tertiary/aromatic N) is 1. The fourth-order valence-corrected chi connectivity index (χ4v) is 4.10. The number of anilines is 1. The van der Waals surface area contributed by atoms with E-state index in [0.717, 1.165) is 36.3 Å². The van der Waals surface area contributed by atoms with Crippen molar-refractivity contribution in [3.63, 3.8) is 0 Å². The van der Waals surface area contributed by atoms with Gasteiger partial charge in [0.15, 0.2) is 0 Å². The number of rotatable bonds is 5. The van der Waals surface area contributed by atoms with Crippen molar-refractivity contribution >= 4 is 5.82 Å². The Labute approximate surface area is 143 Å². The molecule has 1 aromatic heterocycles. The zero-order valence-corrected chi connectivity index (χ0v) is 14.0. The van der Waals surface area contributed by atoms with E-state index in [9.17, 15) is 0 Å². The van der Waals surface area contributed by atoms with E-state index in [0.29, 0.717) is 11.9 Å². The smallest absolute Gasteiger partial charge is 0.124 e. The van der Waals surface area contributed by atoms with Crippen molar-refractivity contribution in [1.29, 1.82) is 0 Å². The molecule has 24 heavy (non-hydrogen) atoms. The van der Waals surface area contributed by atoms with Crippen LogP contribution in [0.5, 0.6) is 0 Å². The predicted molar refractivity (Wildman–Crippen MR) is 98.8 cm³/mol. The number of pyridine rings is 1. The van der Waals surface area contributed by atoms with Gasteiger partial charge in [0.25, 0.3) is 0 Å². The van der Waals surface area contributed by atoms with Crippen molar-refractivity contribution in [3.8, 4) is 11.3 Å². The van der Waals surface area contributed by atoms with Crippen LogP contribution in [0, 0.1) is 0 Å². The molecule has 2 aliphatic rings. The summed E-state index contributed by atoms with van der Waals surface area (Å²) in [6, 6.07) is 16.7. The maximum absolute atomic E-state index is 5.76. The second-order valence-electron chi connectivity index (χ2n) is 7.15. The number of hydrogen-bond donors (Lipinski definition) is 3. The van der Waals surface area contributed by atoms with Gasteiger partial charge in [-0.2, -0.15) is 0 Å². The Bertz CT molecular complexity index is 670. The van der Waals surface area contributed by atoms with Crippen LogP contribution in [0.25, 0.3) is 11.3 Å². The molecule has 4 heteroatoms. The molecule has 0 radical (unpaired) electrons. The average molecular weight is 322 g/mol. The molecule has 126 valence electrons. The van der Waals surface area contributed by atoms with E-state index in [4.69, 9.17) is 5.73 Å². The summed E-state index contributed by atoms with van der Waals surface area (Å²) in [5.74, 6) is 0.566. The van der Waals surface area contributed by atoms with Crippen LogP contribution in [0.15, 0.2) is 42.5 Å². The van der Waals surface area contributed by atoms with E-state index >= 15 is 0 Å². The van der Waals surface area contributed by atoms with E-state index in [1.54, 1.807) is 0 Å². The van der Waals surface area contributed by atoms with Crippen LogP contribution in [0.3, 0.4) is 0 Å². The van der Waals surface area contributed by atoms with Crippen LogP contribution in [0.2, 0.25) is 0 Å². The predicted octanol–water partition coefficient (Wildman–Crippen LogP) is 2.75. The lowest BCUT2D eigenvalue weighted by Crippen LogP contribution is -2.46. The minimum atomic E-state index is 0.566. The van der Waals surface area contributed by atoms with E-state index in [1.807, 2.05) is 18.2 Å². The molecule has 4 rings (SSSR count). The number of fused-ring (bicyclic) bond motifs is 2. The number of nitrogens with one attached hydrogen (secondary N) is 2. The molecule has 2 unspecified atom stereocenters. The minimum absolute atomic E-state index is 0.566. The highest BCUT2D eigenvalue weighted by Crippen LogP contribution is 2.26. The van der Waals surface area contributed by atoms with Gasteiger partial charge >= 0.3 is 0 Å². The second-order valence-corrected chi connectivity index (χ2v) is 7.15. The van der Waals surface area contributed by atoms with E-state index in [1.165, 1.54) is 31.2 Å². The highest BCUT2D eigenvalue weighted by Gasteiger charge is 2.32. The van der Waals surface area contributed by atoms with Crippen molar-refractivity contribution in [2.24, 2.45) is 0 Å². The van der Waals surface area contributed by atoms with Crippen molar-refractivity contribution in [2.45, 2.75) is 50.2 Å². The first-order valence-electron chi connectivity index (χ1n) is 9.07. The molecule has 2 fully saturated rings. The third kappa shape index (κ3) is 3.60. The number of benzene rings is 1. The molecule has 3 heterocycles. The molecule has 2 bridgehead atoms. The SMILES string of the molecule is Nc1cccc(-c2ccc(CCNC3CC4CCC(C3)N4)cc2)n1. The lowest BCUT2D eigenvalue weighted by Gasteiger charge is -2.29. The number of hydrogen-bond acceptors (Lipinski definition) is 4. The van der Waals surface area contributed by atoms with Gasteiger partial charge in [0.2, 0.25) is 0 Å². The highest BCUT2D eigenvalue weighted by molar-refractivity contribution is 5.61. The van der Waals surface area contributed by atoms with E-state index < -0.39 is 0 Å². The van der Waals surface area contributed by atoms with Gasteiger partial charge in [0, 0.05) is 23.7 Å². The first kappa shape index (κ1) is 15.6. The van der Waals surface area contributed by atoms with Gasteiger partial charge in [-0.05, 0) is 56.3 Å². The molecule has 4 N–H and O–H groups in total. The van der Waals surface area contributed by atoms with Crippen molar-refractivity contribution in [2.75, 3.05) is 12.3 Å². The standard InChI is InChI=1S/C20H26N4/c21-20-3-1-2-19(24-20)15-6-4-14(5-7-15)10-11-22-18-12-16-8-9-17(13-18)23-16/h1-7,16-18,22-23H,8-13H2,(H2,21,24). The molecular formula is C20H26N4. The quantitative estimate of drug-likeness (QED) is 0.792. The van der Waals surface area contributed by atoms with E-state index in [-0.39, 0.29) is 0 Å². The first-order chi connectivity index (χ1) is 11.8. The summed E-state index contributed by atoms with van der Waals surface area (Å²) in [6.07, 6.45) is 6.38. The Morgan fingerprint density at radius 1 is 1.04 bits per heavy atom.